The first-order chi connectivity index (χ1) is 8.99. The van der Waals surface area contributed by atoms with Crippen molar-refractivity contribution in [1.29, 1.82) is 10.7 Å². The van der Waals surface area contributed by atoms with E-state index >= 15 is 0 Å². The summed E-state index contributed by atoms with van der Waals surface area (Å²) in [6.45, 7) is 0. The van der Waals surface area contributed by atoms with Gasteiger partial charge in [0.15, 0.2) is 5.84 Å². The van der Waals surface area contributed by atoms with Crippen molar-refractivity contribution >= 4 is 23.2 Å². The number of nitriles is 1. The number of hydrazone groups is 1. The second-order valence-electron chi connectivity index (χ2n) is 3.28. The predicted molar refractivity (Wildman–Crippen MR) is 66.3 cm³/mol. The van der Waals surface area contributed by atoms with Crippen LogP contribution in [-0.2, 0) is 4.74 Å². The molecule has 0 heterocycles. The fourth-order valence-corrected chi connectivity index (χ4v) is 1.15. The molecular formula is C11H10FN5O2. The Kier molecular flexibility index (Phi) is 4.54. The molecule has 0 aliphatic heterocycles. The highest BCUT2D eigenvalue weighted by Crippen LogP contribution is 2.18. The predicted octanol–water partition coefficient (Wildman–Crippen LogP) is 0.840. The number of nitrogens with one attached hydrogen (secondary N) is 2. The molecule has 98 valence electrons. The maximum absolute atomic E-state index is 13.1. The number of benzene rings is 1. The molecule has 19 heavy (non-hydrogen) atoms. The summed E-state index contributed by atoms with van der Waals surface area (Å²) in [7, 11) is 1.15. The lowest BCUT2D eigenvalue weighted by Gasteiger charge is -2.07. The molecule has 0 fully saturated rings. The Bertz CT molecular complexity index is 591. The highest BCUT2D eigenvalue weighted by molar-refractivity contribution is 6.45. The third-order valence-electron chi connectivity index (χ3n) is 2.04. The normalized spacial score (nSPS) is 10.5. The summed E-state index contributed by atoms with van der Waals surface area (Å²) in [5, 5.41) is 19.3. The van der Waals surface area contributed by atoms with E-state index in [1.165, 1.54) is 6.07 Å². The van der Waals surface area contributed by atoms with Crippen molar-refractivity contribution in [2.45, 2.75) is 0 Å². The highest BCUT2D eigenvalue weighted by Gasteiger charge is 2.13. The molecule has 8 heteroatoms. The van der Waals surface area contributed by atoms with Gasteiger partial charge in [0.05, 0.1) is 18.4 Å². The van der Waals surface area contributed by atoms with E-state index in [-0.39, 0.29) is 17.0 Å². The number of methoxy groups -OCH3 is 1. The Morgan fingerprint density at radius 1 is 1.63 bits per heavy atom. The van der Waals surface area contributed by atoms with Gasteiger partial charge in [-0.15, -0.1) is 0 Å². The van der Waals surface area contributed by atoms with Crippen molar-refractivity contribution in [2.24, 2.45) is 10.8 Å². The Morgan fingerprint density at radius 2 is 2.32 bits per heavy atom. The quantitative estimate of drug-likeness (QED) is 0.321. The van der Waals surface area contributed by atoms with Gasteiger partial charge in [-0.1, -0.05) is 0 Å². The first-order valence-corrected chi connectivity index (χ1v) is 4.95. The number of nitrogens with zero attached hydrogens (tertiary/aromatic N) is 2. The molecule has 0 aliphatic carbocycles. The molecule has 0 atom stereocenters. The van der Waals surface area contributed by atoms with E-state index in [0.717, 1.165) is 19.2 Å². The summed E-state index contributed by atoms with van der Waals surface area (Å²) < 4.78 is 17.5. The molecule has 0 radical (unpaired) electrons. The van der Waals surface area contributed by atoms with Crippen LogP contribution < -0.4 is 11.2 Å². The molecule has 0 saturated heterocycles. The number of amidine groups is 1. The van der Waals surface area contributed by atoms with Gasteiger partial charge in [-0.3, -0.25) is 10.8 Å². The van der Waals surface area contributed by atoms with E-state index < -0.39 is 17.6 Å². The van der Waals surface area contributed by atoms with Crippen molar-refractivity contribution in [1.82, 2.24) is 0 Å². The van der Waals surface area contributed by atoms with Gasteiger partial charge in [0.25, 0.3) is 0 Å². The topological polar surface area (TPSA) is 124 Å². The van der Waals surface area contributed by atoms with Crippen molar-refractivity contribution < 1.29 is 13.9 Å². The maximum Gasteiger partial charge on any atom is 0.340 e. The zero-order valence-corrected chi connectivity index (χ0v) is 9.90. The number of hydrogen-bond donors (Lipinski definition) is 3. The van der Waals surface area contributed by atoms with Gasteiger partial charge < -0.3 is 10.5 Å². The molecule has 1 aromatic carbocycles. The van der Waals surface area contributed by atoms with Crippen molar-refractivity contribution in [3.63, 3.8) is 0 Å². The number of rotatable bonds is 4. The van der Waals surface area contributed by atoms with Crippen LogP contribution in [0, 0.1) is 22.6 Å². The second-order valence-corrected chi connectivity index (χ2v) is 3.28. The Morgan fingerprint density at radius 3 is 2.84 bits per heavy atom. The Labute approximate surface area is 108 Å². The maximum atomic E-state index is 13.1. The molecule has 0 bridgehead atoms. The monoisotopic (exact) mass is 263 g/mol. The van der Waals surface area contributed by atoms with Gasteiger partial charge >= 0.3 is 5.97 Å². The minimum atomic E-state index is -0.765. The molecule has 0 spiro atoms. The van der Waals surface area contributed by atoms with Gasteiger partial charge in [0.2, 0.25) is 5.71 Å². The number of hydrogen-bond acceptors (Lipinski definition) is 6. The van der Waals surface area contributed by atoms with Gasteiger partial charge in [0, 0.05) is 0 Å². The van der Waals surface area contributed by atoms with E-state index in [1.54, 1.807) is 6.07 Å². The minimum Gasteiger partial charge on any atom is -0.465 e. The minimum absolute atomic E-state index is 0.0907. The van der Waals surface area contributed by atoms with Crippen molar-refractivity contribution in [3.8, 4) is 6.07 Å². The average Bonchev–Trinajstić information content (AvgIpc) is 2.39. The fraction of sp³-hybridized carbons (Fsp3) is 0.0909. The first kappa shape index (κ1) is 14.1. The van der Waals surface area contributed by atoms with Crippen LogP contribution in [0.1, 0.15) is 10.4 Å². The summed E-state index contributed by atoms with van der Waals surface area (Å²) in [5.74, 6) is -1.92. The van der Waals surface area contributed by atoms with Crippen LogP contribution in [0.15, 0.2) is 23.3 Å². The molecule has 1 aromatic rings. The van der Waals surface area contributed by atoms with E-state index in [4.69, 9.17) is 16.4 Å². The van der Waals surface area contributed by atoms with Crippen LogP contribution >= 0.6 is 0 Å². The average molecular weight is 263 g/mol. The van der Waals surface area contributed by atoms with Crippen LogP contribution in [-0.4, -0.2) is 24.6 Å². The molecule has 7 nitrogen and oxygen atoms in total. The van der Waals surface area contributed by atoms with E-state index in [9.17, 15) is 9.18 Å². The molecule has 4 N–H and O–H groups in total. The number of carbonyl (C=O) groups excluding carboxylic acids is 1. The lowest BCUT2D eigenvalue weighted by molar-refractivity contribution is 0.0601. The third kappa shape index (κ3) is 3.50. The molecule has 0 aliphatic rings. The second kappa shape index (κ2) is 6.11. The van der Waals surface area contributed by atoms with Crippen LogP contribution in [0.5, 0.6) is 0 Å². The van der Waals surface area contributed by atoms with E-state index in [0.29, 0.717) is 0 Å². The van der Waals surface area contributed by atoms with Gasteiger partial charge in [-0.2, -0.15) is 10.4 Å². The number of esters is 1. The van der Waals surface area contributed by atoms with Crippen molar-refractivity contribution in [3.05, 3.63) is 29.6 Å². The molecule has 0 amide bonds. The highest BCUT2D eigenvalue weighted by atomic mass is 19.1. The lowest BCUT2D eigenvalue weighted by Crippen LogP contribution is -2.22. The van der Waals surface area contributed by atoms with Crippen molar-refractivity contribution in [2.75, 3.05) is 12.5 Å². The summed E-state index contributed by atoms with van der Waals surface area (Å²) in [5.41, 5.74) is 7.14. The number of halogens is 1. The summed E-state index contributed by atoms with van der Waals surface area (Å²) in [6, 6.07) is 4.91. The molecular weight excluding hydrogens is 253 g/mol. The number of carbonyl (C=O) groups is 1. The summed E-state index contributed by atoms with van der Waals surface area (Å²) >= 11 is 0. The fourth-order valence-electron chi connectivity index (χ4n) is 1.15. The molecule has 1 rings (SSSR count). The first-order valence-electron chi connectivity index (χ1n) is 4.95. The van der Waals surface area contributed by atoms with Crippen LogP contribution in [0.2, 0.25) is 0 Å². The van der Waals surface area contributed by atoms with Crippen LogP contribution in [0.4, 0.5) is 10.1 Å². The number of nitrogens with two attached hydrogens (primary N) is 1. The van der Waals surface area contributed by atoms with Gasteiger partial charge in [-0.05, 0) is 18.2 Å². The standard InChI is InChI=1S/C11H10FN5O2/c1-19-11(18)7-4-6(12)2-3-8(7)16-17-9(5-13)10(14)15/h2-4,16H,1H3,(H3,14,15)/b17-9+. The Hall–Kier alpha value is -2.95. The molecule has 0 unspecified atom stereocenters. The summed E-state index contributed by atoms with van der Waals surface area (Å²) in [6.07, 6.45) is 0. The van der Waals surface area contributed by atoms with Gasteiger partial charge in [-0.25, -0.2) is 9.18 Å². The van der Waals surface area contributed by atoms with Crippen LogP contribution in [0.3, 0.4) is 0 Å². The van der Waals surface area contributed by atoms with Crippen LogP contribution in [0.25, 0.3) is 0 Å². The smallest absolute Gasteiger partial charge is 0.340 e. The Balaban J connectivity index is 3.12. The lowest BCUT2D eigenvalue weighted by atomic mass is 10.2. The molecule has 0 saturated carbocycles. The molecule has 0 aromatic heterocycles. The zero-order valence-electron chi connectivity index (χ0n) is 9.90. The van der Waals surface area contributed by atoms with Gasteiger partial charge in [0.1, 0.15) is 11.9 Å². The summed E-state index contributed by atoms with van der Waals surface area (Å²) in [4.78, 5) is 11.4. The largest absolute Gasteiger partial charge is 0.465 e. The SMILES string of the molecule is COC(=O)c1cc(F)ccc1N/N=C(\C#N)C(=N)N. The van der Waals surface area contributed by atoms with E-state index in [2.05, 4.69) is 15.3 Å². The van der Waals surface area contributed by atoms with E-state index in [1.807, 2.05) is 0 Å². The number of ether oxygens (including phenoxy) is 1. The number of anilines is 1. The zero-order chi connectivity index (χ0) is 14.4. The third-order valence-corrected chi connectivity index (χ3v) is 2.04.